The molecular formula is C24H23N3O5S. The van der Waals surface area contributed by atoms with Crippen LogP contribution in [0.5, 0.6) is 11.5 Å². The lowest BCUT2D eigenvalue weighted by atomic mass is 10.2. The van der Waals surface area contributed by atoms with Crippen LogP contribution in [-0.4, -0.2) is 44.2 Å². The van der Waals surface area contributed by atoms with Gasteiger partial charge in [0.2, 0.25) is 15.9 Å². The van der Waals surface area contributed by atoms with Gasteiger partial charge in [0, 0.05) is 25.2 Å². The molecule has 1 saturated heterocycles. The number of para-hydroxylation sites is 1. The highest BCUT2D eigenvalue weighted by molar-refractivity contribution is 7.89. The van der Waals surface area contributed by atoms with E-state index in [1.54, 1.807) is 6.07 Å². The van der Waals surface area contributed by atoms with Crippen molar-refractivity contribution in [2.45, 2.75) is 11.4 Å². The minimum absolute atomic E-state index is 0.0249. The van der Waals surface area contributed by atoms with Crippen LogP contribution in [0.3, 0.4) is 0 Å². The number of carbonyl (C=O) groups excluding carboxylic acids is 2. The van der Waals surface area contributed by atoms with Crippen LogP contribution in [0, 0.1) is 0 Å². The molecule has 3 aromatic rings. The molecule has 0 saturated carbocycles. The Morgan fingerprint density at radius 3 is 2.52 bits per heavy atom. The van der Waals surface area contributed by atoms with Crippen molar-refractivity contribution in [3.63, 3.8) is 0 Å². The van der Waals surface area contributed by atoms with Crippen LogP contribution in [-0.2, 0) is 21.4 Å². The molecule has 8 nitrogen and oxygen atoms in total. The standard InChI is InChI=1S/C24H23N3O5S/c28-23-17-27(13-12-25-23)33(30,31)22-11-5-7-19(15-22)24(29)26-16-18-6-4-10-21(14-18)32-20-8-2-1-3-9-20/h1-11,14-15H,12-13,16-17H2,(H,25,28)(H,26,29). The summed E-state index contributed by atoms with van der Waals surface area (Å²) in [5, 5.41) is 5.40. The summed E-state index contributed by atoms with van der Waals surface area (Å²) in [5.74, 6) is 0.601. The van der Waals surface area contributed by atoms with Crippen LogP contribution in [0.25, 0.3) is 0 Å². The Labute approximate surface area is 192 Å². The molecule has 1 heterocycles. The summed E-state index contributed by atoms with van der Waals surface area (Å²) in [4.78, 5) is 24.2. The van der Waals surface area contributed by atoms with Gasteiger partial charge in [-0.05, 0) is 48.0 Å². The van der Waals surface area contributed by atoms with Gasteiger partial charge in [-0.15, -0.1) is 0 Å². The van der Waals surface area contributed by atoms with Crippen molar-refractivity contribution in [2.24, 2.45) is 0 Å². The zero-order chi connectivity index (χ0) is 23.3. The first kappa shape index (κ1) is 22.5. The second-order valence-electron chi connectivity index (χ2n) is 7.46. The van der Waals surface area contributed by atoms with E-state index in [4.69, 9.17) is 4.74 Å². The highest BCUT2D eigenvalue weighted by Gasteiger charge is 2.29. The summed E-state index contributed by atoms with van der Waals surface area (Å²) in [7, 11) is -3.88. The van der Waals surface area contributed by atoms with Gasteiger partial charge in [0.1, 0.15) is 11.5 Å². The zero-order valence-corrected chi connectivity index (χ0v) is 18.5. The lowest BCUT2D eigenvalue weighted by molar-refractivity contribution is -0.122. The van der Waals surface area contributed by atoms with Crippen LogP contribution < -0.4 is 15.4 Å². The van der Waals surface area contributed by atoms with Crippen LogP contribution >= 0.6 is 0 Å². The van der Waals surface area contributed by atoms with E-state index < -0.39 is 15.9 Å². The molecule has 33 heavy (non-hydrogen) atoms. The van der Waals surface area contributed by atoms with E-state index in [1.165, 1.54) is 18.2 Å². The molecule has 0 unspecified atom stereocenters. The topological polar surface area (TPSA) is 105 Å². The molecule has 1 aliphatic heterocycles. The number of nitrogens with one attached hydrogen (secondary N) is 2. The minimum atomic E-state index is -3.88. The van der Waals surface area contributed by atoms with Gasteiger partial charge >= 0.3 is 0 Å². The molecule has 3 aromatic carbocycles. The number of rotatable bonds is 7. The van der Waals surface area contributed by atoms with E-state index in [1.807, 2.05) is 54.6 Å². The van der Waals surface area contributed by atoms with Crippen LogP contribution in [0.1, 0.15) is 15.9 Å². The Morgan fingerprint density at radius 1 is 0.970 bits per heavy atom. The average Bonchev–Trinajstić information content (AvgIpc) is 2.83. The summed E-state index contributed by atoms with van der Waals surface area (Å²) >= 11 is 0. The first-order valence-corrected chi connectivity index (χ1v) is 11.8. The lowest BCUT2D eigenvalue weighted by Gasteiger charge is -2.26. The highest BCUT2D eigenvalue weighted by atomic mass is 32.2. The number of ether oxygens (including phenoxy) is 1. The fourth-order valence-corrected chi connectivity index (χ4v) is 4.84. The number of hydrogen-bond acceptors (Lipinski definition) is 5. The Kier molecular flexibility index (Phi) is 6.71. The molecule has 0 atom stereocenters. The van der Waals surface area contributed by atoms with Crippen molar-refractivity contribution >= 4 is 21.8 Å². The third-order valence-electron chi connectivity index (χ3n) is 5.07. The molecule has 1 aliphatic rings. The van der Waals surface area contributed by atoms with Gasteiger partial charge in [0.05, 0.1) is 11.4 Å². The molecule has 0 radical (unpaired) electrons. The molecular weight excluding hydrogens is 442 g/mol. The molecule has 0 spiro atoms. The average molecular weight is 466 g/mol. The Morgan fingerprint density at radius 2 is 1.73 bits per heavy atom. The first-order valence-electron chi connectivity index (χ1n) is 10.4. The molecule has 9 heteroatoms. The molecule has 4 rings (SSSR count). The molecule has 2 amide bonds. The third kappa shape index (κ3) is 5.57. The fraction of sp³-hybridized carbons (Fsp3) is 0.167. The van der Waals surface area contributed by atoms with Crippen molar-refractivity contribution in [1.29, 1.82) is 0 Å². The van der Waals surface area contributed by atoms with E-state index in [-0.39, 0.29) is 42.5 Å². The van der Waals surface area contributed by atoms with Crippen LogP contribution in [0.2, 0.25) is 0 Å². The molecule has 170 valence electrons. The summed E-state index contributed by atoms with van der Waals surface area (Å²) in [6, 6.07) is 22.5. The van der Waals surface area contributed by atoms with Gasteiger partial charge < -0.3 is 15.4 Å². The zero-order valence-electron chi connectivity index (χ0n) is 17.7. The van der Waals surface area contributed by atoms with Crippen LogP contribution in [0.4, 0.5) is 0 Å². The van der Waals surface area contributed by atoms with Crippen molar-refractivity contribution in [1.82, 2.24) is 14.9 Å². The normalized spacial score (nSPS) is 14.4. The van der Waals surface area contributed by atoms with E-state index in [9.17, 15) is 18.0 Å². The number of hydrogen-bond donors (Lipinski definition) is 2. The third-order valence-corrected chi connectivity index (χ3v) is 6.91. The quantitative estimate of drug-likeness (QED) is 0.558. The van der Waals surface area contributed by atoms with E-state index in [0.29, 0.717) is 11.5 Å². The van der Waals surface area contributed by atoms with Gasteiger partial charge in [-0.1, -0.05) is 36.4 Å². The fourth-order valence-electron chi connectivity index (χ4n) is 3.40. The van der Waals surface area contributed by atoms with Gasteiger partial charge in [-0.25, -0.2) is 8.42 Å². The molecule has 0 aromatic heterocycles. The van der Waals surface area contributed by atoms with E-state index in [0.717, 1.165) is 9.87 Å². The lowest BCUT2D eigenvalue weighted by Crippen LogP contribution is -2.49. The molecule has 1 fully saturated rings. The van der Waals surface area contributed by atoms with Crippen molar-refractivity contribution in [3.05, 3.63) is 90.0 Å². The van der Waals surface area contributed by atoms with Crippen molar-refractivity contribution < 1.29 is 22.7 Å². The minimum Gasteiger partial charge on any atom is -0.457 e. The van der Waals surface area contributed by atoms with Gasteiger partial charge in [-0.3, -0.25) is 9.59 Å². The monoisotopic (exact) mass is 465 g/mol. The largest absolute Gasteiger partial charge is 0.457 e. The van der Waals surface area contributed by atoms with Crippen molar-refractivity contribution in [2.75, 3.05) is 19.6 Å². The number of amides is 2. The highest BCUT2D eigenvalue weighted by Crippen LogP contribution is 2.22. The Bertz CT molecular complexity index is 1260. The molecule has 0 aliphatic carbocycles. The number of carbonyl (C=O) groups is 2. The van der Waals surface area contributed by atoms with Crippen LogP contribution in [0.15, 0.2) is 83.8 Å². The van der Waals surface area contributed by atoms with Crippen molar-refractivity contribution in [3.8, 4) is 11.5 Å². The summed E-state index contributed by atoms with van der Waals surface area (Å²) < 4.78 is 32.7. The maximum Gasteiger partial charge on any atom is 0.251 e. The second kappa shape index (κ2) is 9.85. The van der Waals surface area contributed by atoms with Gasteiger partial charge in [0.15, 0.2) is 0 Å². The number of sulfonamides is 1. The molecule has 0 bridgehead atoms. The Hall–Kier alpha value is -3.69. The first-order chi connectivity index (χ1) is 15.9. The number of benzene rings is 3. The maximum atomic E-state index is 12.9. The summed E-state index contributed by atoms with van der Waals surface area (Å²) in [6.45, 7) is 0.450. The SMILES string of the molecule is O=C1CN(S(=O)(=O)c2cccc(C(=O)NCc3cccc(Oc4ccccc4)c3)c2)CCN1. The number of piperazine rings is 1. The van der Waals surface area contributed by atoms with Gasteiger partial charge in [0.25, 0.3) is 5.91 Å². The Balaban J connectivity index is 1.42. The maximum absolute atomic E-state index is 12.9. The second-order valence-corrected chi connectivity index (χ2v) is 9.40. The number of nitrogens with zero attached hydrogens (tertiary/aromatic N) is 1. The predicted octanol–water partition coefficient (Wildman–Crippen LogP) is 2.53. The smallest absolute Gasteiger partial charge is 0.251 e. The van der Waals surface area contributed by atoms with E-state index in [2.05, 4.69) is 10.6 Å². The van der Waals surface area contributed by atoms with E-state index >= 15 is 0 Å². The van der Waals surface area contributed by atoms with Gasteiger partial charge in [-0.2, -0.15) is 4.31 Å². The summed E-state index contributed by atoms with van der Waals surface area (Å²) in [5.41, 5.74) is 1.05. The predicted molar refractivity (Wildman–Crippen MR) is 122 cm³/mol. The summed E-state index contributed by atoms with van der Waals surface area (Å²) in [6.07, 6.45) is 0. The molecule has 2 N–H and O–H groups in total.